The molecule has 0 aliphatic carbocycles. The molecule has 0 spiro atoms. The largest absolute Gasteiger partial charge is 0.254 e. The van der Waals surface area contributed by atoms with E-state index in [1.807, 2.05) is 18.3 Å². The minimum Gasteiger partial charge on any atom is -0.254 e. The number of rotatable bonds is 3. The van der Waals surface area contributed by atoms with Crippen molar-refractivity contribution >= 4 is 61.4 Å². The van der Waals surface area contributed by atoms with Gasteiger partial charge in [-0.25, -0.2) is 4.98 Å². The lowest BCUT2D eigenvalue weighted by Crippen LogP contribution is -2.72. The van der Waals surface area contributed by atoms with Gasteiger partial charge in [0.2, 0.25) is 0 Å². The third-order valence-electron chi connectivity index (χ3n) is 10.4. The van der Waals surface area contributed by atoms with Crippen LogP contribution in [0.15, 0.2) is 182 Å². The Morgan fingerprint density at radius 3 is 1.76 bits per heavy atom. The van der Waals surface area contributed by atoms with Gasteiger partial charge in [-0.15, -0.1) is 0 Å². The zero-order valence-electron chi connectivity index (χ0n) is 27.7. The minimum absolute atomic E-state index is 0.732. The predicted molar refractivity (Wildman–Crippen MR) is 215 cm³/mol. The Balaban J connectivity index is 1.03. The normalized spacial score (nSPS) is 12.7. The summed E-state index contributed by atoms with van der Waals surface area (Å²) in [6, 6.07) is 63.7. The van der Waals surface area contributed by atoms with Gasteiger partial charge in [-0.05, 0) is 96.1 Å². The van der Waals surface area contributed by atoms with Crippen LogP contribution in [-0.4, -0.2) is 18.0 Å². The summed E-state index contributed by atoms with van der Waals surface area (Å²) in [5, 5.41) is 10.3. The number of benzene rings is 7. The first-order chi connectivity index (χ1) is 25.3. The molecule has 0 unspecified atom stereocenters. The van der Waals surface area contributed by atoms with Gasteiger partial charge in [-0.3, -0.25) is 4.98 Å². The highest BCUT2D eigenvalue weighted by Crippen LogP contribution is 2.34. The van der Waals surface area contributed by atoms with Crippen molar-refractivity contribution in [3.63, 3.8) is 0 Å². The molecule has 0 saturated carbocycles. The Kier molecular flexibility index (Phi) is 6.77. The van der Waals surface area contributed by atoms with E-state index in [-0.39, 0.29) is 0 Å². The molecule has 2 aromatic heterocycles. The van der Waals surface area contributed by atoms with Gasteiger partial charge in [-0.1, -0.05) is 145 Å². The van der Waals surface area contributed by atoms with Crippen LogP contribution in [0.25, 0.3) is 54.8 Å². The highest BCUT2D eigenvalue weighted by molar-refractivity contribution is 7.22. The highest BCUT2D eigenvalue weighted by Gasteiger charge is 2.48. The van der Waals surface area contributed by atoms with E-state index in [4.69, 9.17) is 9.97 Å². The zero-order valence-corrected chi connectivity index (χ0v) is 28.7. The summed E-state index contributed by atoms with van der Waals surface area (Å²) in [5.74, 6) is 6.69. The summed E-state index contributed by atoms with van der Waals surface area (Å²) in [5.41, 5.74) is 8.53. The molecule has 9 aromatic rings. The fourth-order valence-corrected chi connectivity index (χ4v) is 13.4. The maximum atomic E-state index is 5.01. The van der Waals surface area contributed by atoms with E-state index >= 15 is 0 Å². The lowest BCUT2D eigenvalue weighted by Gasteiger charge is -2.31. The molecular weight excluding hydrogens is 633 g/mol. The van der Waals surface area contributed by atoms with Gasteiger partial charge in [-0.2, -0.15) is 0 Å². The molecule has 3 heteroatoms. The van der Waals surface area contributed by atoms with Crippen LogP contribution in [0, 0.1) is 11.8 Å². The molecule has 3 heterocycles. The van der Waals surface area contributed by atoms with Crippen LogP contribution >= 0.6 is 0 Å². The number of hydrogen-bond acceptors (Lipinski definition) is 2. The molecule has 0 saturated heterocycles. The van der Waals surface area contributed by atoms with Crippen LogP contribution in [-0.2, 0) is 0 Å². The van der Waals surface area contributed by atoms with Gasteiger partial charge < -0.3 is 0 Å². The predicted octanol–water partition coefficient (Wildman–Crippen LogP) is 8.36. The van der Waals surface area contributed by atoms with Crippen LogP contribution in [0.3, 0.4) is 0 Å². The van der Waals surface area contributed by atoms with Crippen molar-refractivity contribution in [2.75, 3.05) is 0 Å². The second kappa shape index (κ2) is 11.8. The van der Waals surface area contributed by atoms with E-state index in [0.717, 1.165) is 33.1 Å². The van der Waals surface area contributed by atoms with E-state index in [9.17, 15) is 0 Å². The van der Waals surface area contributed by atoms with E-state index < -0.39 is 8.07 Å². The Labute approximate surface area is 297 Å². The summed E-state index contributed by atoms with van der Waals surface area (Å²) >= 11 is 0. The SMILES string of the molecule is C(#Cc1ccc2c3ccccc3c3cccnc3c2n1)c1ccc(-c2ccc3c(c2)-c2ccccc2[Si]3(c2ccccc2)c2ccccc2)cc1. The second-order valence-corrected chi connectivity index (χ2v) is 16.9. The fourth-order valence-electron chi connectivity index (χ4n) is 8.20. The summed E-state index contributed by atoms with van der Waals surface area (Å²) in [6.07, 6.45) is 1.84. The van der Waals surface area contributed by atoms with Crippen molar-refractivity contribution in [1.82, 2.24) is 9.97 Å². The first-order valence-electron chi connectivity index (χ1n) is 17.3. The van der Waals surface area contributed by atoms with Gasteiger partial charge in [0.25, 0.3) is 0 Å². The smallest absolute Gasteiger partial charge is 0.180 e. The van der Waals surface area contributed by atoms with E-state index in [2.05, 4.69) is 176 Å². The quantitative estimate of drug-likeness (QED) is 0.108. The summed E-state index contributed by atoms with van der Waals surface area (Å²) < 4.78 is 0. The third-order valence-corrected chi connectivity index (χ3v) is 15.3. The van der Waals surface area contributed by atoms with Crippen LogP contribution in [0.5, 0.6) is 0 Å². The van der Waals surface area contributed by atoms with Crippen LogP contribution < -0.4 is 20.7 Å². The first-order valence-corrected chi connectivity index (χ1v) is 19.3. The van der Waals surface area contributed by atoms with Gasteiger partial charge in [0.15, 0.2) is 8.07 Å². The average Bonchev–Trinajstić information content (AvgIpc) is 3.51. The fraction of sp³-hybridized carbons (Fsp3) is 0. The lowest BCUT2D eigenvalue weighted by molar-refractivity contribution is 1.35. The molecule has 236 valence electrons. The lowest BCUT2D eigenvalue weighted by atomic mass is 9.98. The molecule has 0 bridgehead atoms. The molecule has 1 aliphatic rings. The molecule has 0 radical (unpaired) electrons. The number of fused-ring (bicyclic) bond motifs is 9. The first kappa shape index (κ1) is 29.3. The third kappa shape index (κ3) is 4.58. The Hall–Kier alpha value is -6.60. The van der Waals surface area contributed by atoms with Crippen LogP contribution in [0.2, 0.25) is 0 Å². The van der Waals surface area contributed by atoms with E-state index in [1.54, 1.807) is 0 Å². The number of nitrogens with zero attached hydrogens (tertiary/aromatic N) is 2. The topological polar surface area (TPSA) is 25.8 Å². The molecule has 0 fully saturated rings. The minimum atomic E-state index is -2.48. The average molecular weight is 663 g/mol. The van der Waals surface area contributed by atoms with Crippen LogP contribution in [0.4, 0.5) is 0 Å². The molecule has 0 amide bonds. The Bertz CT molecular complexity index is 2780. The molecule has 0 N–H and O–H groups in total. The van der Waals surface area contributed by atoms with Gasteiger partial charge in [0, 0.05) is 22.5 Å². The van der Waals surface area contributed by atoms with Crippen molar-refractivity contribution in [1.29, 1.82) is 0 Å². The van der Waals surface area contributed by atoms with Gasteiger partial charge in [0.05, 0.1) is 11.0 Å². The summed E-state index contributed by atoms with van der Waals surface area (Å²) in [7, 11) is -2.48. The number of pyridine rings is 2. The zero-order chi connectivity index (χ0) is 33.8. The number of aromatic nitrogens is 2. The molecule has 7 aromatic carbocycles. The molecule has 51 heavy (non-hydrogen) atoms. The van der Waals surface area contributed by atoms with Crippen molar-refractivity contribution in [3.8, 4) is 34.1 Å². The molecule has 0 atom stereocenters. The van der Waals surface area contributed by atoms with Crippen molar-refractivity contribution in [2.45, 2.75) is 0 Å². The summed E-state index contributed by atoms with van der Waals surface area (Å²) in [6.45, 7) is 0. The molecule has 10 rings (SSSR count). The van der Waals surface area contributed by atoms with Crippen molar-refractivity contribution in [3.05, 3.63) is 193 Å². The van der Waals surface area contributed by atoms with E-state index in [1.165, 1.54) is 53.8 Å². The van der Waals surface area contributed by atoms with Gasteiger partial charge in [0.1, 0.15) is 5.69 Å². The highest BCUT2D eigenvalue weighted by atomic mass is 28.3. The van der Waals surface area contributed by atoms with Crippen molar-refractivity contribution in [2.24, 2.45) is 0 Å². The number of hydrogen-bond donors (Lipinski definition) is 0. The molecule has 1 aliphatic heterocycles. The maximum Gasteiger partial charge on any atom is 0.180 e. The Morgan fingerprint density at radius 1 is 0.412 bits per heavy atom. The summed E-state index contributed by atoms with van der Waals surface area (Å²) in [4.78, 5) is 9.73. The second-order valence-electron chi connectivity index (χ2n) is 13.2. The van der Waals surface area contributed by atoms with Gasteiger partial charge >= 0.3 is 0 Å². The molecular formula is C48H30N2Si. The van der Waals surface area contributed by atoms with Crippen molar-refractivity contribution < 1.29 is 0 Å². The van der Waals surface area contributed by atoms with E-state index in [0.29, 0.717) is 0 Å². The molecule has 2 nitrogen and oxygen atoms in total. The maximum absolute atomic E-state index is 5.01. The monoisotopic (exact) mass is 662 g/mol. The van der Waals surface area contributed by atoms with Crippen LogP contribution in [0.1, 0.15) is 11.3 Å². The standard InChI is InChI=1S/C48H30N2Si/c1-3-12-37(13-4-1)51(38-14-5-2-6-15-38)45-20-10-9-18-41(45)44-32-35(26-30-46(44)51)34-24-21-33(22-25-34)23-27-36-28-29-43-40-17-8-7-16-39(40)42-19-11-31-49-47(42)48(43)50-36/h1-22,24-26,28-32H. The Morgan fingerprint density at radius 2 is 1.02 bits per heavy atom.